The van der Waals surface area contributed by atoms with Gasteiger partial charge in [-0.05, 0) is 59.5 Å². The number of hydrogen-bond donors (Lipinski definition) is 0. The van der Waals surface area contributed by atoms with Crippen LogP contribution in [-0.2, 0) is 0 Å². The van der Waals surface area contributed by atoms with Crippen molar-refractivity contribution in [1.29, 1.82) is 0 Å². The highest BCUT2D eigenvalue weighted by atomic mass is 32.1. The zero-order chi connectivity index (χ0) is 45.3. The molecule has 266 valence electrons. The monoisotopic (exact) mass is 755 g/mol. The first-order chi connectivity index (χ1) is 32.0. The third kappa shape index (κ3) is 5.04. The van der Waals surface area contributed by atoms with Crippen LogP contribution in [0.15, 0.2) is 186 Å². The summed E-state index contributed by atoms with van der Waals surface area (Å²) in [4.78, 5) is 14.9. The molecule has 0 aliphatic carbocycles. The molecule has 0 unspecified atom stereocenters. The molecule has 0 N–H and O–H groups in total. The smallest absolute Gasteiger partial charge is 0.164 e. The molecule has 4 heterocycles. The minimum Gasteiger partial charge on any atom is -0.456 e. The van der Waals surface area contributed by atoms with Crippen molar-refractivity contribution in [2.24, 2.45) is 0 Å². The molecular formula is C51H30N4OS. The maximum atomic E-state index is 9.91. The fourth-order valence-corrected chi connectivity index (χ4v) is 8.99. The highest BCUT2D eigenvalue weighted by Crippen LogP contribution is 2.43. The van der Waals surface area contributed by atoms with Crippen LogP contribution in [0.5, 0.6) is 0 Å². The van der Waals surface area contributed by atoms with E-state index in [0.29, 0.717) is 21.9 Å². The van der Waals surface area contributed by atoms with Crippen molar-refractivity contribution in [3.63, 3.8) is 0 Å². The molecule has 8 aromatic carbocycles. The number of fused-ring (bicyclic) bond motifs is 9. The van der Waals surface area contributed by atoms with Crippen LogP contribution in [0.2, 0.25) is 0 Å². The van der Waals surface area contributed by atoms with Crippen molar-refractivity contribution in [3.8, 4) is 51.0 Å². The Kier molecular flexibility index (Phi) is 5.33. The second kappa shape index (κ2) is 12.6. The number of hydrogen-bond acceptors (Lipinski definition) is 5. The van der Waals surface area contributed by atoms with Crippen LogP contribution in [0.3, 0.4) is 0 Å². The van der Waals surface area contributed by atoms with Gasteiger partial charge in [0.25, 0.3) is 0 Å². The molecule has 0 radical (unpaired) electrons. The summed E-state index contributed by atoms with van der Waals surface area (Å²) < 4.78 is 92.0. The SMILES string of the molecule is [2H]c1cc([2H])c2c3cccc([2H])c3n(-c3cc([2H])c4oc5c([2H])c([2H])c([2H])c(-c6nc(-c7ccccc7)nc(-c7ccc8c(c7)sc7cccc(-c9ccccc9)c78)n6)c5c4c3[2H])c2c1[2H]. The normalized spacial score (nSPS) is 14.1. The van der Waals surface area contributed by atoms with E-state index in [1.165, 1.54) is 16.7 Å². The molecule has 0 spiro atoms. The number of aromatic nitrogens is 4. The molecule has 0 fully saturated rings. The quantitative estimate of drug-likeness (QED) is 0.175. The summed E-state index contributed by atoms with van der Waals surface area (Å²) in [5.41, 5.74) is 3.79. The van der Waals surface area contributed by atoms with Crippen LogP contribution >= 0.6 is 11.3 Å². The molecular weight excluding hydrogens is 717 g/mol. The first kappa shape index (κ1) is 24.2. The molecule has 12 rings (SSSR count). The highest BCUT2D eigenvalue weighted by Gasteiger charge is 2.20. The van der Waals surface area contributed by atoms with Gasteiger partial charge < -0.3 is 8.98 Å². The topological polar surface area (TPSA) is 56.7 Å². The second-order valence-electron chi connectivity index (χ2n) is 13.6. The van der Waals surface area contributed by atoms with Gasteiger partial charge in [-0.1, -0.05) is 133 Å². The lowest BCUT2D eigenvalue weighted by Crippen LogP contribution is -2.00. The Bertz CT molecular complexity index is 4060. The number of benzene rings is 8. The third-order valence-corrected chi connectivity index (χ3v) is 11.5. The largest absolute Gasteiger partial charge is 0.456 e. The summed E-state index contributed by atoms with van der Waals surface area (Å²) in [5.74, 6) is 0.549. The lowest BCUT2D eigenvalue weighted by Gasteiger charge is -2.10. The molecule has 6 heteroatoms. The van der Waals surface area contributed by atoms with Crippen molar-refractivity contribution in [1.82, 2.24) is 19.5 Å². The predicted octanol–water partition coefficient (Wildman–Crippen LogP) is 13.9. The van der Waals surface area contributed by atoms with Gasteiger partial charge in [-0.15, -0.1) is 11.3 Å². The molecule has 0 bridgehead atoms. The van der Waals surface area contributed by atoms with Gasteiger partial charge >= 0.3 is 0 Å². The van der Waals surface area contributed by atoms with Gasteiger partial charge in [0, 0.05) is 64.1 Å². The average molecular weight is 756 g/mol. The Balaban J connectivity index is 1.15. The summed E-state index contributed by atoms with van der Waals surface area (Å²) in [6, 6.07) is 37.3. The number of para-hydroxylation sites is 2. The Morgan fingerprint density at radius 1 is 0.474 bits per heavy atom. The molecule has 0 amide bonds. The van der Waals surface area contributed by atoms with E-state index >= 15 is 0 Å². The first-order valence-corrected chi connectivity index (χ1v) is 19.1. The van der Waals surface area contributed by atoms with Crippen LogP contribution in [-0.4, -0.2) is 19.5 Å². The van der Waals surface area contributed by atoms with E-state index in [0.717, 1.165) is 31.3 Å². The molecule has 0 aliphatic heterocycles. The minimum atomic E-state index is -0.468. The lowest BCUT2D eigenvalue weighted by atomic mass is 9.99. The van der Waals surface area contributed by atoms with E-state index in [1.54, 1.807) is 29.5 Å². The molecule has 4 aromatic heterocycles. The standard InChI is InChI=1S/C51H30N4OS/c1-3-13-31(14-4-1)35-19-12-24-45-48(35)38-27-25-33(29-46(38)57-45)50-52-49(32-15-5-2-6-16-32)53-51(54-50)39-20-11-23-44-47(39)40-30-34(26-28-43(40)56-44)55-41-21-9-7-17-36(41)37-18-8-10-22-42(37)55/h1-30H/i9D,11D,17D,20D,21D,22D,23D,28D,30D. The molecule has 5 nitrogen and oxygen atoms in total. The van der Waals surface area contributed by atoms with Gasteiger partial charge in [-0.2, -0.15) is 0 Å². The van der Waals surface area contributed by atoms with Crippen LogP contribution in [0.4, 0.5) is 0 Å². The first-order valence-electron chi connectivity index (χ1n) is 22.8. The van der Waals surface area contributed by atoms with Crippen LogP contribution in [0.25, 0.3) is 115 Å². The molecule has 0 saturated heterocycles. The van der Waals surface area contributed by atoms with Crippen LogP contribution in [0.1, 0.15) is 12.3 Å². The molecule has 57 heavy (non-hydrogen) atoms. The maximum absolute atomic E-state index is 9.91. The predicted molar refractivity (Wildman–Crippen MR) is 236 cm³/mol. The van der Waals surface area contributed by atoms with Crippen molar-refractivity contribution in [2.75, 3.05) is 0 Å². The van der Waals surface area contributed by atoms with Gasteiger partial charge in [-0.3, -0.25) is 0 Å². The second-order valence-corrected chi connectivity index (χ2v) is 14.7. The van der Waals surface area contributed by atoms with Crippen molar-refractivity contribution in [3.05, 3.63) is 182 Å². The molecule has 0 atom stereocenters. The summed E-state index contributed by atoms with van der Waals surface area (Å²) in [7, 11) is 0. The fraction of sp³-hybridized carbons (Fsp3) is 0. The third-order valence-electron chi connectivity index (χ3n) is 10.4. The lowest BCUT2D eigenvalue weighted by molar-refractivity contribution is 0.669. The van der Waals surface area contributed by atoms with Gasteiger partial charge in [0.15, 0.2) is 17.5 Å². The number of nitrogens with zero attached hydrogens (tertiary/aromatic N) is 4. The van der Waals surface area contributed by atoms with E-state index in [1.807, 2.05) is 60.7 Å². The zero-order valence-electron chi connectivity index (χ0n) is 38.7. The van der Waals surface area contributed by atoms with Crippen LogP contribution in [0, 0.1) is 0 Å². The number of thiophene rings is 1. The molecule has 12 aromatic rings. The van der Waals surface area contributed by atoms with Crippen molar-refractivity contribution >= 4 is 75.3 Å². The summed E-state index contributed by atoms with van der Waals surface area (Å²) >= 11 is 1.65. The van der Waals surface area contributed by atoms with Crippen LogP contribution < -0.4 is 0 Å². The van der Waals surface area contributed by atoms with Gasteiger partial charge in [0.05, 0.1) is 23.4 Å². The Hall–Kier alpha value is -7.41. The van der Waals surface area contributed by atoms with E-state index in [4.69, 9.17) is 27.6 Å². The van der Waals surface area contributed by atoms with Crippen molar-refractivity contribution in [2.45, 2.75) is 0 Å². The number of furan rings is 1. The van der Waals surface area contributed by atoms with E-state index in [2.05, 4.69) is 36.4 Å². The van der Waals surface area contributed by atoms with Gasteiger partial charge in [0.2, 0.25) is 0 Å². The minimum absolute atomic E-state index is 0.00227. The highest BCUT2D eigenvalue weighted by molar-refractivity contribution is 7.26. The Morgan fingerprint density at radius 2 is 1.26 bits per heavy atom. The van der Waals surface area contributed by atoms with E-state index in [9.17, 15) is 4.11 Å². The van der Waals surface area contributed by atoms with E-state index in [-0.39, 0.29) is 98.0 Å². The molecule has 0 saturated carbocycles. The van der Waals surface area contributed by atoms with E-state index < -0.39 is 18.1 Å². The summed E-state index contributed by atoms with van der Waals surface area (Å²) in [6.45, 7) is 0. The summed E-state index contributed by atoms with van der Waals surface area (Å²) in [5, 5.41) is 3.11. The van der Waals surface area contributed by atoms with Gasteiger partial charge in [0.1, 0.15) is 11.2 Å². The Labute approximate surface area is 343 Å². The van der Waals surface area contributed by atoms with Gasteiger partial charge in [-0.25, -0.2) is 15.0 Å². The molecule has 0 aliphatic rings. The number of rotatable bonds is 5. The summed E-state index contributed by atoms with van der Waals surface area (Å²) in [6.07, 6.45) is 0. The average Bonchev–Trinajstić information content (AvgIpc) is 4.03. The van der Waals surface area contributed by atoms with Crippen molar-refractivity contribution < 1.29 is 16.8 Å². The fourth-order valence-electron chi connectivity index (χ4n) is 7.82. The maximum Gasteiger partial charge on any atom is 0.164 e. The Morgan fingerprint density at radius 3 is 2.14 bits per heavy atom. The zero-order valence-corrected chi connectivity index (χ0v) is 30.5.